The molecule has 2 unspecified atom stereocenters. The van der Waals surface area contributed by atoms with E-state index in [1.165, 1.54) is 6.92 Å². The Kier molecular flexibility index (Phi) is 6.14. The van der Waals surface area contributed by atoms with Crippen LogP contribution in [0.5, 0.6) is 0 Å². The van der Waals surface area contributed by atoms with E-state index in [1.54, 1.807) is 0 Å². The maximum Gasteiger partial charge on any atom is 0.325 e. The Hall–Kier alpha value is -1.59. The van der Waals surface area contributed by atoms with Crippen molar-refractivity contribution in [2.75, 3.05) is 0 Å². The van der Waals surface area contributed by atoms with Gasteiger partial charge in [-0.1, -0.05) is 13.8 Å². The monoisotopic (exact) mass is 230 g/mol. The molecule has 92 valence electrons. The third-order valence-corrected chi connectivity index (χ3v) is 2.02. The molecule has 0 aromatic heterocycles. The first-order valence-corrected chi connectivity index (χ1v) is 5.11. The fourth-order valence-corrected chi connectivity index (χ4v) is 1.18. The van der Waals surface area contributed by atoms with Crippen LogP contribution in [0.25, 0.3) is 0 Å². The molecule has 0 saturated heterocycles. The average Bonchev–Trinajstić information content (AvgIpc) is 2.16. The van der Waals surface area contributed by atoms with Crippen molar-refractivity contribution in [3.05, 3.63) is 0 Å². The molecule has 0 spiro atoms. The van der Waals surface area contributed by atoms with Gasteiger partial charge in [-0.15, -0.1) is 0 Å². The van der Waals surface area contributed by atoms with Crippen molar-refractivity contribution >= 4 is 18.3 Å². The Morgan fingerprint density at radius 2 is 1.88 bits per heavy atom. The first-order chi connectivity index (χ1) is 7.38. The molecule has 0 radical (unpaired) electrons. The lowest BCUT2D eigenvalue weighted by Crippen LogP contribution is -2.49. The molecule has 0 aliphatic heterocycles. The lowest BCUT2D eigenvalue weighted by molar-refractivity contribution is -0.141. The fourth-order valence-electron chi connectivity index (χ4n) is 1.18. The lowest BCUT2D eigenvalue weighted by atomic mass is 10.0. The molecule has 0 aliphatic carbocycles. The molecular formula is C10H18N2O4. The van der Waals surface area contributed by atoms with E-state index in [1.807, 2.05) is 13.8 Å². The van der Waals surface area contributed by atoms with Gasteiger partial charge in [0.25, 0.3) is 0 Å². The molecule has 0 bridgehead atoms. The van der Waals surface area contributed by atoms with Gasteiger partial charge >= 0.3 is 5.97 Å². The number of carboxylic acid groups (broad SMARTS) is 1. The maximum atomic E-state index is 11.6. The summed E-state index contributed by atoms with van der Waals surface area (Å²) in [7, 11) is 0. The smallest absolute Gasteiger partial charge is 0.325 e. The van der Waals surface area contributed by atoms with Crippen molar-refractivity contribution in [2.45, 2.75) is 39.3 Å². The Balaban J connectivity index is 4.37. The van der Waals surface area contributed by atoms with E-state index >= 15 is 0 Å². The number of carbonyl (C=O) groups is 3. The number of hydrogen-bond acceptors (Lipinski definition) is 3. The third kappa shape index (κ3) is 5.33. The molecule has 0 rings (SSSR count). The molecule has 0 fully saturated rings. The van der Waals surface area contributed by atoms with Crippen LogP contribution in [0.3, 0.4) is 0 Å². The largest absolute Gasteiger partial charge is 0.480 e. The zero-order valence-corrected chi connectivity index (χ0v) is 9.69. The van der Waals surface area contributed by atoms with Crippen LogP contribution in [-0.4, -0.2) is 35.5 Å². The fraction of sp³-hybridized carbons (Fsp3) is 0.700. The highest BCUT2D eigenvalue weighted by atomic mass is 16.4. The zero-order chi connectivity index (χ0) is 12.7. The summed E-state index contributed by atoms with van der Waals surface area (Å²) in [5, 5.41) is 13.3. The predicted octanol–water partition coefficient (Wildman–Crippen LogP) is -0.264. The Labute approximate surface area is 94.4 Å². The van der Waals surface area contributed by atoms with Crippen LogP contribution in [-0.2, 0) is 14.4 Å². The van der Waals surface area contributed by atoms with Gasteiger partial charge in [0.1, 0.15) is 12.1 Å². The molecule has 2 atom stereocenters. The minimum Gasteiger partial charge on any atom is -0.480 e. The number of aliphatic carboxylic acids is 1. The van der Waals surface area contributed by atoms with Gasteiger partial charge < -0.3 is 15.7 Å². The van der Waals surface area contributed by atoms with E-state index < -0.39 is 24.0 Å². The number of amides is 2. The molecule has 2 amide bonds. The van der Waals surface area contributed by atoms with Crippen LogP contribution < -0.4 is 10.6 Å². The molecule has 16 heavy (non-hydrogen) atoms. The number of nitrogens with one attached hydrogen (secondary N) is 2. The van der Waals surface area contributed by atoms with Gasteiger partial charge in [0, 0.05) is 0 Å². The summed E-state index contributed by atoms with van der Waals surface area (Å²) in [5.74, 6) is -1.36. The van der Waals surface area contributed by atoms with Crippen LogP contribution in [0.1, 0.15) is 27.2 Å². The summed E-state index contributed by atoms with van der Waals surface area (Å²) < 4.78 is 0. The van der Waals surface area contributed by atoms with Crippen molar-refractivity contribution in [1.82, 2.24) is 10.6 Å². The number of carboxylic acids is 1. The minimum atomic E-state index is -1.11. The first-order valence-electron chi connectivity index (χ1n) is 5.11. The number of rotatable bonds is 7. The normalized spacial score (nSPS) is 14.0. The summed E-state index contributed by atoms with van der Waals surface area (Å²) in [6.07, 6.45) is 0.912. The molecule has 6 heteroatoms. The van der Waals surface area contributed by atoms with Crippen LogP contribution >= 0.6 is 0 Å². The Morgan fingerprint density at radius 3 is 2.25 bits per heavy atom. The third-order valence-electron chi connectivity index (χ3n) is 2.02. The Morgan fingerprint density at radius 1 is 1.31 bits per heavy atom. The highest BCUT2D eigenvalue weighted by Crippen LogP contribution is 2.04. The Bertz CT molecular complexity index is 266. The van der Waals surface area contributed by atoms with Crippen LogP contribution in [0, 0.1) is 5.92 Å². The van der Waals surface area contributed by atoms with E-state index in [-0.39, 0.29) is 5.92 Å². The van der Waals surface area contributed by atoms with Gasteiger partial charge in [0.05, 0.1) is 0 Å². The second-order valence-electron chi connectivity index (χ2n) is 4.04. The predicted molar refractivity (Wildman–Crippen MR) is 57.7 cm³/mol. The zero-order valence-electron chi connectivity index (χ0n) is 9.69. The second kappa shape index (κ2) is 6.81. The SMILES string of the molecule is CC(C)CC(NC=O)C(=O)NC(C)C(=O)O. The van der Waals surface area contributed by atoms with Crippen molar-refractivity contribution in [1.29, 1.82) is 0 Å². The van der Waals surface area contributed by atoms with Crippen LogP contribution in [0.4, 0.5) is 0 Å². The quantitative estimate of drug-likeness (QED) is 0.525. The second-order valence-corrected chi connectivity index (χ2v) is 4.04. The number of hydrogen-bond donors (Lipinski definition) is 3. The molecule has 0 aromatic carbocycles. The van der Waals surface area contributed by atoms with Crippen LogP contribution in [0.15, 0.2) is 0 Å². The van der Waals surface area contributed by atoms with Gasteiger partial charge in [-0.25, -0.2) is 0 Å². The van der Waals surface area contributed by atoms with Gasteiger partial charge in [-0.3, -0.25) is 14.4 Å². The molecule has 0 heterocycles. The summed E-state index contributed by atoms with van der Waals surface area (Å²) in [5.41, 5.74) is 0. The lowest BCUT2D eigenvalue weighted by Gasteiger charge is -2.19. The van der Waals surface area contributed by atoms with E-state index in [0.717, 1.165) is 0 Å². The molecule has 0 saturated carbocycles. The maximum absolute atomic E-state index is 11.6. The van der Waals surface area contributed by atoms with E-state index in [0.29, 0.717) is 12.8 Å². The number of carbonyl (C=O) groups excluding carboxylic acids is 2. The van der Waals surface area contributed by atoms with Gasteiger partial charge in [-0.2, -0.15) is 0 Å². The van der Waals surface area contributed by atoms with Gasteiger partial charge in [0.15, 0.2) is 0 Å². The van der Waals surface area contributed by atoms with Crippen molar-refractivity contribution < 1.29 is 19.5 Å². The van der Waals surface area contributed by atoms with E-state index in [4.69, 9.17) is 5.11 Å². The topological polar surface area (TPSA) is 95.5 Å². The molecule has 0 aromatic rings. The standard InChI is InChI=1S/C10H18N2O4/c1-6(2)4-8(11-5-13)9(14)12-7(3)10(15)16/h5-8H,4H2,1-3H3,(H,11,13)(H,12,14)(H,15,16). The summed E-state index contributed by atoms with van der Waals surface area (Å²) in [6.45, 7) is 5.19. The van der Waals surface area contributed by atoms with Crippen molar-refractivity contribution in [3.8, 4) is 0 Å². The molecular weight excluding hydrogens is 212 g/mol. The molecule has 3 N–H and O–H groups in total. The summed E-state index contributed by atoms with van der Waals surface area (Å²) >= 11 is 0. The van der Waals surface area contributed by atoms with Gasteiger partial charge in [0.2, 0.25) is 12.3 Å². The minimum absolute atomic E-state index is 0.225. The van der Waals surface area contributed by atoms with Gasteiger partial charge in [-0.05, 0) is 19.3 Å². The van der Waals surface area contributed by atoms with Crippen molar-refractivity contribution in [2.24, 2.45) is 5.92 Å². The highest BCUT2D eigenvalue weighted by Gasteiger charge is 2.22. The summed E-state index contributed by atoms with van der Waals surface area (Å²) in [6, 6.07) is -1.64. The molecule has 0 aliphatic rings. The van der Waals surface area contributed by atoms with E-state index in [2.05, 4.69) is 10.6 Å². The summed E-state index contributed by atoms with van der Waals surface area (Å²) in [4.78, 5) is 32.4. The first kappa shape index (κ1) is 14.4. The highest BCUT2D eigenvalue weighted by molar-refractivity contribution is 5.87. The van der Waals surface area contributed by atoms with E-state index in [9.17, 15) is 14.4 Å². The molecule has 6 nitrogen and oxygen atoms in total. The average molecular weight is 230 g/mol. The van der Waals surface area contributed by atoms with Crippen LogP contribution in [0.2, 0.25) is 0 Å². The van der Waals surface area contributed by atoms with Crippen molar-refractivity contribution in [3.63, 3.8) is 0 Å².